The first-order valence-corrected chi connectivity index (χ1v) is 4.64. The summed E-state index contributed by atoms with van der Waals surface area (Å²) in [6, 6.07) is 5.43. The van der Waals surface area contributed by atoms with Crippen molar-refractivity contribution >= 4 is 11.3 Å². The molecule has 2 aromatic rings. The summed E-state index contributed by atoms with van der Waals surface area (Å²) in [5.41, 5.74) is 6.79. The zero-order valence-electron chi connectivity index (χ0n) is 8.43. The Morgan fingerprint density at radius 3 is 2.87 bits per heavy atom. The Morgan fingerprint density at radius 2 is 2.20 bits per heavy atom. The fourth-order valence-electron chi connectivity index (χ4n) is 1.55. The topological polar surface area (TPSA) is 56.7 Å². The largest absolute Gasteiger partial charge is 0.497 e. The van der Waals surface area contributed by atoms with E-state index in [1.54, 1.807) is 13.2 Å². The molecule has 0 fully saturated rings. The standard InChI is InChI=1S/C11H12N2O2/c1-15-8-2-4-13-5-3-9(10(13)6-8)11(14)7-12/h2-6H,7,12H2,1H3. The number of rotatable bonds is 3. The second-order valence-corrected chi connectivity index (χ2v) is 3.22. The van der Waals surface area contributed by atoms with Gasteiger partial charge in [0.05, 0.1) is 19.2 Å². The van der Waals surface area contributed by atoms with Gasteiger partial charge in [0.1, 0.15) is 5.75 Å². The minimum atomic E-state index is -0.0641. The van der Waals surface area contributed by atoms with Crippen LogP contribution in [0.15, 0.2) is 30.6 Å². The Morgan fingerprint density at radius 1 is 1.47 bits per heavy atom. The van der Waals surface area contributed by atoms with Crippen molar-refractivity contribution in [1.82, 2.24) is 4.40 Å². The number of nitrogens with zero attached hydrogens (tertiary/aromatic N) is 1. The maximum Gasteiger partial charge on any atom is 0.178 e. The number of Topliss-reactive ketones (excluding diaryl/α,β-unsaturated/α-hetero) is 1. The average molecular weight is 204 g/mol. The van der Waals surface area contributed by atoms with Crippen LogP contribution in [0, 0.1) is 0 Å². The molecule has 0 saturated heterocycles. The molecule has 2 heterocycles. The van der Waals surface area contributed by atoms with Crippen LogP contribution in [-0.2, 0) is 0 Å². The molecule has 0 unspecified atom stereocenters. The molecule has 78 valence electrons. The molecule has 2 aromatic heterocycles. The lowest BCUT2D eigenvalue weighted by Crippen LogP contribution is -2.13. The molecule has 0 aliphatic rings. The van der Waals surface area contributed by atoms with Gasteiger partial charge in [0, 0.05) is 24.0 Å². The first kappa shape index (κ1) is 9.73. The summed E-state index contributed by atoms with van der Waals surface area (Å²) in [6.45, 7) is 0.0247. The van der Waals surface area contributed by atoms with E-state index in [-0.39, 0.29) is 12.3 Å². The molecule has 4 nitrogen and oxygen atoms in total. The zero-order chi connectivity index (χ0) is 10.8. The van der Waals surface area contributed by atoms with E-state index in [0.717, 1.165) is 11.3 Å². The SMILES string of the molecule is COc1ccn2ccc(C(=O)CN)c2c1. The molecule has 0 saturated carbocycles. The third-order valence-electron chi connectivity index (χ3n) is 2.36. The summed E-state index contributed by atoms with van der Waals surface area (Å²) in [4.78, 5) is 11.5. The highest BCUT2D eigenvalue weighted by molar-refractivity contribution is 6.03. The van der Waals surface area contributed by atoms with Crippen LogP contribution in [0.25, 0.3) is 5.52 Å². The van der Waals surface area contributed by atoms with E-state index in [4.69, 9.17) is 10.5 Å². The molecule has 0 atom stereocenters. The van der Waals surface area contributed by atoms with Crippen molar-refractivity contribution in [3.63, 3.8) is 0 Å². The maximum absolute atomic E-state index is 11.5. The molecule has 0 aromatic carbocycles. The molecule has 2 rings (SSSR count). The van der Waals surface area contributed by atoms with Gasteiger partial charge >= 0.3 is 0 Å². The quantitative estimate of drug-likeness (QED) is 0.761. The highest BCUT2D eigenvalue weighted by Gasteiger charge is 2.09. The third-order valence-corrected chi connectivity index (χ3v) is 2.36. The molecule has 0 spiro atoms. The molecule has 4 heteroatoms. The van der Waals surface area contributed by atoms with Gasteiger partial charge in [-0.2, -0.15) is 0 Å². The van der Waals surface area contributed by atoms with Crippen LogP contribution < -0.4 is 10.5 Å². The van der Waals surface area contributed by atoms with Gasteiger partial charge < -0.3 is 14.9 Å². The van der Waals surface area contributed by atoms with Crippen LogP contribution in [0.5, 0.6) is 5.75 Å². The number of hydrogen-bond donors (Lipinski definition) is 1. The second kappa shape index (κ2) is 3.74. The van der Waals surface area contributed by atoms with Gasteiger partial charge in [0.25, 0.3) is 0 Å². The maximum atomic E-state index is 11.5. The van der Waals surface area contributed by atoms with Crippen molar-refractivity contribution in [2.24, 2.45) is 5.73 Å². The number of methoxy groups -OCH3 is 1. The Balaban J connectivity index is 2.61. The van der Waals surface area contributed by atoms with E-state index < -0.39 is 0 Å². The molecular formula is C11H12N2O2. The predicted octanol–water partition coefficient (Wildman–Crippen LogP) is 1.09. The molecule has 0 radical (unpaired) electrons. The van der Waals surface area contributed by atoms with E-state index in [1.165, 1.54) is 0 Å². The number of hydrogen-bond acceptors (Lipinski definition) is 3. The van der Waals surface area contributed by atoms with Crippen molar-refractivity contribution in [3.05, 3.63) is 36.2 Å². The van der Waals surface area contributed by atoms with E-state index in [1.807, 2.05) is 28.9 Å². The Bertz CT molecular complexity index is 502. The molecule has 2 N–H and O–H groups in total. The summed E-state index contributed by atoms with van der Waals surface area (Å²) in [5.74, 6) is 0.665. The first-order chi connectivity index (χ1) is 7.26. The molecule has 0 aliphatic carbocycles. The number of carbonyl (C=O) groups excluding carboxylic acids is 1. The highest BCUT2D eigenvalue weighted by atomic mass is 16.5. The summed E-state index contributed by atoms with van der Waals surface area (Å²) < 4.78 is 6.97. The molecule has 0 aliphatic heterocycles. The number of pyridine rings is 1. The highest BCUT2D eigenvalue weighted by Crippen LogP contribution is 2.19. The second-order valence-electron chi connectivity index (χ2n) is 3.22. The van der Waals surface area contributed by atoms with Crippen LogP contribution in [0.1, 0.15) is 10.4 Å². The summed E-state index contributed by atoms with van der Waals surface area (Å²) in [6.07, 6.45) is 3.68. The smallest absolute Gasteiger partial charge is 0.178 e. The van der Waals surface area contributed by atoms with Crippen molar-refractivity contribution in [1.29, 1.82) is 0 Å². The minimum Gasteiger partial charge on any atom is -0.497 e. The number of ether oxygens (including phenoxy) is 1. The van der Waals surface area contributed by atoms with E-state index in [9.17, 15) is 4.79 Å². The number of carbonyl (C=O) groups is 1. The minimum absolute atomic E-state index is 0.0247. The van der Waals surface area contributed by atoms with E-state index in [0.29, 0.717) is 5.56 Å². The van der Waals surface area contributed by atoms with Gasteiger partial charge in [-0.3, -0.25) is 4.79 Å². The van der Waals surface area contributed by atoms with Gasteiger partial charge in [-0.05, 0) is 12.1 Å². The number of aromatic nitrogens is 1. The monoisotopic (exact) mass is 204 g/mol. The van der Waals surface area contributed by atoms with Gasteiger partial charge in [-0.15, -0.1) is 0 Å². The van der Waals surface area contributed by atoms with Crippen LogP contribution >= 0.6 is 0 Å². The van der Waals surface area contributed by atoms with Gasteiger partial charge in [0.15, 0.2) is 5.78 Å². The number of nitrogens with two attached hydrogens (primary N) is 1. The lowest BCUT2D eigenvalue weighted by molar-refractivity contribution is 0.100. The lowest BCUT2D eigenvalue weighted by atomic mass is 10.2. The first-order valence-electron chi connectivity index (χ1n) is 4.64. The third kappa shape index (κ3) is 1.59. The Hall–Kier alpha value is -1.81. The van der Waals surface area contributed by atoms with Crippen LogP contribution in [0.3, 0.4) is 0 Å². The Kier molecular flexibility index (Phi) is 2.43. The molecular weight excluding hydrogens is 192 g/mol. The van der Waals surface area contributed by atoms with E-state index >= 15 is 0 Å². The van der Waals surface area contributed by atoms with Crippen molar-refractivity contribution in [2.75, 3.05) is 13.7 Å². The molecule has 0 bridgehead atoms. The Labute approximate surface area is 87.3 Å². The van der Waals surface area contributed by atoms with Gasteiger partial charge in [-0.25, -0.2) is 0 Å². The molecule has 15 heavy (non-hydrogen) atoms. The zero-order valence-corrected chi connectivity index (χ0v) is 8.43. The lowest BCUT2D eigenvalue weighted by Gasteiger charge is -2.02. The van der Waals surface area contributed by atoms with Crippen molar-refractivity contribution in [2.45, 2.75) is 0 Å². The fraction of sp³-hybridized carbons (Fsp3) is 0.182. The van der Waals surface area contributed by atoms with Crippen LogP contribution in [0.4, 0.5) is 0 Å². The van der Waals surface area contributed by atoms with Crippen LogP contribution in [0.2, 0.25) is 0 Å². The van der Waals surface area contributed by atoms with Crippen LogP contribution in [-0.4, -0.2) is 23.8 Å². The normalized spacial score (nSPS) is 10.5. The summed E-state index contributed by atoms with van der Waals surface area (Å²) >= 11 is 0. The van der Waals surface area contributed by atoms with Gasteiger partial charge in [0.2, 0.25) is 0 Å². The summed E-state index contributed by atoms with van der Waals surface area (Å²) in [7, 11) is 1.60. The fourth-order valence-corrected chi connectivity index (χ4v) is 1.55. The van der Waals surface area contributed by atoms with E-state index in [2.05, 4.69) is 0 Å². The molecule has 0 amide bonds. The number of fused-ring (bicyclic) bond motifs is 1. The predicted molar refractivity (Wildman–Crippen MR) is 57.3 cm³/mol. The van der Waals surface area contributed by atoms with Crippen molar-refractivity contribution < 1.29 is 9.53 Å². The number of ketones is 1. The summed E-state index contributed by atoms with van der Waals surface area (Å²) in [5, 5.41) is 0. The van der Waals surface area contributed by atoms with Crippen molar-refractivity contribution in [3.8, 4) is 5.75 Å². The van der Waals surface area contributed by atoms with Gasteiger partial charge in [-0.1, -0.05) is 0 Å². The average Bonchev–Trinajstić information content (AvgIpc) is 2.70.